The maximum absolute atomic E-state index is 12.0. The average molecular weight is 288 g/mol. The van der Waals surface area contributed by atoms with Crippen LogP contribution >= 0.6 is 0 Å². The highest BCUT2D eigenvalue weighted by atomic mass is 16.3. The van der Waals surface area contributed by atoms with Gasteiger partial charge in [-0.15, -0.1) is 0 Å². The van der Waals surface area contributed by atoms with Crippen molar-refractivity contribution in [3.8, 4) is 11.3 Å². The highest BCUT2D eigenvalue weighted by Gasteiger charge is 2.27. The number of aliphatic hydroxyl groups is 1. The van der Waals surface area contributed by atoms with Gasteiger partial charge >= 0.3 is 0 Å². The summed E-state index contributed by atoms with van der Waals surface area (Å²) in [5.74, 6) is -0.158. The van der Waals surface area contributed by atoms with Crippen LogP contribution in [0.5, 0.6) is 0 Å². The van der Waals surface area contributed by atoms with Crippen molar-refractivity contribution in [3.05, 3.63) is 40.7 Å². The maximum Gasteiger partial charge on any atom is 0.264 e. The zero-order valence-corrected chi connectivity index (χ0v) is 11.2. The summed E-state index contributed by atoms with van der Waals surface area (Å²) in [7, 11) is 0. The second-order valence-electron chi connectivity index (χ2n) is 5.09. The van der Waals surface area contributed by atoms with Crippen molar-refractivity contribution in [2.75, 3.05) is 11.9 Å². The third-order valence-corrected chi connectivity index (χ3v) is 3.48. The molecule has 5 N–H and O–H groups in total. The van der Waals surface area contributed by atoms with Crippen LogP contribution in [0.3, 0.4) is 0 Å². The summed E-state index contributed by atoms with van der Waals surface area (Å²) in [4.78, 5) is 23.1. The van der Waals surface area contributed by atoms with Gasteiger partial charge in [-0.3, -0.25) is 19.8 Å². The van der Waals surface area contributed by atoms with Gasteiger partial charge in [0.25, 0.3) is 5.56 Å². The summed E-state index contributed by atoms with van der Waals surface area (Å²) in [5, 5.41) is 20.4. The number of carbonyl (C=O) groups is 1. The lowest BCUT2D eigenvalue weighted by Crippen LogP contribution is -2.35. The Morgan fingerprint density at radius 3 is 2.57 bits per heavy atom. The number of hydrogen-bond donors (Lipinski definition) is 5. The molecule has 3 rings (SSSR count). The molecule has 1 aromatic heterocycles. The molecule has 1 saturated heterocycles. The van der Waals surface area contributed by atoms with E-state index in [4.69, 9.17) is 0 Å². The number of anilines is 1. The second kappa shape index (κ2) is 5.55. The summed E-state index contributed by atoms with van der Waals surface area (Å²) in [6.07, 6.45) is -0.0392. The summed E-state index contributed by atoms with van der Waals surface area (Å²) in [5.41, 5.74) is 2.03. The number of β-amino-alcohol motifs (C(OH)–C–C–N with tert-alkyl or cyclic N) is 1. The van der Waals surface area contributed by atoms with Crippen LogP contribution in [0.1, 0.15) is 6.42 Å². The Bertz CT molecular complexity index is 689. The number of rotatable bonds is 3. The molecule has 1 aromatic carbocycles. The number of nitrogens with one attached hydrogen (secondary N) is 4. The molecule has 2 aromatic rings. The van der Waals surface area contributed by atoms with E-state index in [0.717, 1.165) is 5.56 Å². The van der Waals surface area contributed by atoms with Crippen LogP contribution in [0.4, 0.5) is 5.69 Å². The van der Waals surface area contributed by atoms with Crippen molar-refractivity contribution in [1.82, 2.24) is 15.5 Å². The van der Waals surface area contributed by atoms with E-state index >= 15 is 0 Å². The van der Waals surface area contributed by atoms with Crippen LogP contribution in [0.25, 0.3) is 11.3 Å². The SMILES string of the molecule is O=C(Nc1ccc(-c2cc(=O)[nH][nH]2)cc1)C1CC(O)CN1. The van der Waals surface area contributed by atoms with Gasteiger partial charge in [0.05, 0.1) is 17.8 Å². The third-order valence-electron chi connectivity index (χ3n) is 3.48. The Hall–Kier alpha value is -2.38. The molecule has 2 unspecified atom stereocenters. The quantitative estimate of drug-likeness (QED) is 0.549. The van der Waals surface area contributed by atoms with E-state index in [2.05, 4.69) is 20.8 Å². The average Bonchev–Trinajstić information content (AvgIpc) is 3.08. The summed E-state index contributed by atoms with van der Waals surface area (Å²) < 4.78 is 0. The summed E-state index contributed by atoms with van der Waals surface area (Å²) >= 11 is 0. The Morgan fingerprint density at radius 1 is 1.24 bits per heavy atom. The van der Waals surface area contributed by atoms with E-state index < -0.39 is 6.10 Å². The number of benzene rings is 1. The van der Waals surface area contributed by atoms with Crippen molar-refractivity contribution < 1.29 is 9.90 Å². The van der Waals surface area contributed by atoms with Crippen LogP contribution in [0.15, 0.2) is 35.1 Å². The van der Waals surface area contributed by atoms with E-state index in [-0.39, 0.29) is 17.5 Å². The first-order valence-electron chi connectivity index (χ1n) is 6.72. The van der Waals surface area contributed by atoms with Crippen molar-refractivity contribution in [3.63, 3.8) is 0 Å². The first kappa shape index (κ1) is 13.6. The molecule has 7 nitrogen and oxygen atoms in total. The van der Waals surface area contributed by atoms with E-state index in [9.17, 15) is 14.7 Å². The smallest absolute Gasteiger partial charge is 0.264 e. The van der Waals surface area contributed by atoms with Crippen LogP contribution in [0.2, 0.25) is 0 Å². The molecule has 21 heavy (non-hydrogen) atoms. The first-order chi connectivity index (χ1) is 10.1. The number of H-pyrrole nitrogens is 2. The number of aliphatic hydroxyl groups excluding tert-OH is 1. The Labute approximate surface area is 120 Å². The molecule has 0 aliphatic carbocycles. The van der Waals surface area contributed by atoms with Crippen LogP contribution in [-0.4, -0.2) is 39.9 Å². The molecular formula is C14H16N4O3. The fraction of sp³-hybridized carbons (Fsp3) is 0.286. The topological polar surface area (TPSA) is 110 Å². The molecule has 2 atom stereocenters. The molecule has 2 heterocycles. The van der Waals surface area contributed by atoms with E-state index in [0.29, 0.717) is 24.3 Å². The number of carbonyl (C=O) groups excluding carboxylic acids is 1. The van der Waals surface area contributed by atoms with Gasteiger partial charge in [-0.2, -0.15) is 0 Å². The molecule has 0 bridgehead atoms. The minimum atomic E-state index is -0.464. The van der Waals surface area contributed by atoms with Crippen molar-refractivity contribution in [2.45, 2.75) is 18.6 Å². The number of aromatic nitrogens is 2. The number of aromatic amines is 2. The highest BCUT2D eigenvalue weighted by molar-refractivity contribution is 5.95. The van der Waals surface area contributed by atoms with Gasteiger partial charge < -0.3 is 15.7 Å². The Morgan fingerprint density at radius 2 is 2.00 bits per heavy atom. The normalized spacial score (nSPS) is 21.4. The minimum absolute atomic E-state index is 0.158. The van der Waals surface area contributed by atoms with E-state index in [1.165, 1.54) is 6.07 Å². The van der Waals surface area contributed by atoms with E-state index in [1.807, 2.05) is 12.1 Å². The fourth-order valence-corrected chi connectivity index (χ4v) is 2.37. The molecule has 0 saturated carbocycles. The lowest BCUT2D eigenvalue weighted by molar-refractivity contribution is -0.117. The molecule has 0 radical (unpaired) electrons. The maximum atomic E-state index is 12.0. The first-order valence-corrected chi connectivity index (χ1v) is 6.72. The third kappa shape index (κ3) is 3.04. The predicted molar refractivity (Wildman–Crippen MR) is 77.9 cm³/mol. The summed E-state index contributed by atoms with van der Waals surface area (Å²) in [6, 6.07) is 8.27. The van der Waals surface area contributed by atoms with Crippen molar-refractivity contribution >= 4 is 11.6 Å². The lowest BCUT2D eigenvalue weighted by Gasteiger charge is -2.11. The van der Waals surface area contributed by atoms with Gasteiger partial charge in [0, 0.05) is 18.3 Å². The van der Waals surface area contributed by atoms with Gasteiger partial charge in [-0.05, 0) is 24.1 Å². The zero-order chi connectivity index (χ0) is 14.8. The standard InChI is InChI=1S/C14H16N4O3/c19-10-5-12(15-7-10)14(21)16-9-3-1-8(2-4-9)11-6-13(20)18-17-11/h1-4,6,10,12,15,19H,5,7H2,(H,16,21)(H2,17,18,20). The zero-order valence-electron chi connectivity index (χ0n) is 11.2. The molecular weight excluding hydrogens is 272 g/mol. The highest BCUT2D eigenvalue weighted by Crippen LogP contribution is 2.18. The van der Waals surface area contributed by atoms with Crippen molar-refractivity contribution in [2.24, 2.45) is 0 Å². The Balaban J connectivity index is 1.67. The van der Waals surface area contributed by atoms with Crippen molar-refractivity contribution in [1.29, 1.82) is 0 Å². The lowest BCUT2D eigenvalue weighted by atomic mass is 10.1. The molecule has 0 spiro atoms. The second-order valence-corrected chi connectivity index (χ2v) is 5.09. The molecule has 1 amide bonds. The summed E-state index contributed by atoms with van der Waals surface area (Å²) in [6.45, 7) is 0.442. The largest absolute Gasteiger partial charge is 0.392 e. The molecule has 1 fully saturated rings. The van der Waals surface area contributed by atoms with Gasteiger partial charge in [-0.25, -0.2) is 0 Å². The van der Waals surface area contributed by atoms with Gasteiger partial charge in [0.2, 0.25) is 5.91 Å². The Kier molecular flexibility index (Phi) is 3.59. The molecule has 110 valence electrons. The van der Waals surface area contributed by atoms with Crippen LogP contribution in [-0.2, 0) is 4.79 Å². The van der Waals surface area contributed by atoms with Crippen LogP contribution < -0.4 is 16.2 Å². The van der Waals surface area contributed by atoms with E-state index in [1.54, 1.807) is 12.1 Å². The minimum Gasteiger partial charge on any atom is -0.392 e. The molecule has 1 aliphatic heterocycles. The molecule has 1 aliphatic rings. The number of hydrogen-bond acceptors (Lipinski definition) is 4. The molecule has 7 heteroatoms. The predicted octanol–water partition coefficient (Wildman–Crippen LogP) is 0.0313. The monoisotopic (exact) mass is 288 g/mol. The van der Waals surface area contributed by atoms with Gasteiger partial charge in [0.15, 0.2) is 0 Å². The van der Waals surface area contributed by atoms with Crippen LogP contribution in [0, 0.1) is 0 Å². The van der Waals surface area contributed by atoms with Gasteiger partial charge in [-0.1, -0.05) is 12.1 Å². The van der Waals surface area contributed by atoms with Gasteiger partial charge in [0.1, 0.15) is 0 Å². The fourth-order valence-electron chi connectivity index (χ4n) is 2.37. The number of amides is 1.